The van der Waals surface area contributed by atoms with Crippen LogP contribution in [0.1, 0.15) is 37.6 Å². The molecule has 34 heavy (non-hydrogen) atoms. The minimum atomic E-state index is -0.517. The number of rotatable bonds is 4. The van der Waals surface area contributed by atoms with Crippen molar-refractivity contribution in [1.82, 2.24) is 4.90 Å². The number of anilines is 2. The van der Waals surface area contributed by atoms with Gasteiger partial charge in [-0.3, -0.25) is 9.59 Å². The van der Waals surface area contributed by atoms with Crippen molar-refractivity contribution in [2.45, 2.75) is 13.3 Å². The number of nitrogens with one attached hydrogen (secondary N) is 1. The van der Waals surface area contributed by atoms with Crippen LogP contribution in [0.2, 0.25) is 5.02 Å². The minimum absolute atomic E-state index is 0.0264. The molecule has 0 atom stereocenters. The van der Waals surface area contributed by atoms with Crippen molar-refractivity contribution >= 4 is 45.4 Å². The minimum Gasteiger partial charge on any atom is -0.370 e. The van der Waals surface area contributed by atoms with Crippen molar-refractivity contribution in [3.8, 4) is 6.07 Å². The number of amides is 2. The molecule has 9 heteroatoms. The van der Waals surface area contributed by atoms with Gasteiger partial charge < -0.3 is 15.1 Å². The van der Waals surface area contributed by atoms with E-state index in [-0.39, 0.29) is 16.5 Å². The Labute approximate surface area is 206 Å². The Kier molecular flexibility index (Phi) is 7.15. The Morgan fingerprint density at radius 3 is 2.56 bits per heavy atom. The van der Waals surface area contributed by atoms with Crippen LogP contribution in [0.25, 0.3) is 0 Å². The third-order valence-electron chi connectivity index (χ3n) is 5.67. The van der Waals surface area contributed by atoms with Gasteiger partial charge in [-0.15, -0.1) is 11.3 Å². The molecule has 0 spiro atoms. The van der Waals surface area contributed by atoms with Crippen LogP contribution in [0.5, 0.6) is 0 Å². The lowest BCUT2D eigenvalue weighted by Crippen LogP contribution is -2.35. The van der Waals surface area contributed by atoms with E-state index >= 15 is 0 Å². The molecule has 1 N–H and O–H groups in total. The zero-order valence-electron chi connectivity index (χ0n) is 18.5. The molecule has 1 aliphatic heterocycles. The van der Waals surface area contributed by atoms with Crippen molar-refractivity contribution in [3.05, 3.63) is 80.9 Å². The van der Waals surface area contributed by atoms with E-state index < -0.39 is 11.7 Å². The van der Waals surface area contributed by atoms with Gasteiger partial charge in [-0.2, -0.15) is 5.26 Å². The Balaban J connectivity index is 1.43. The average Bonchev–Trinajstić information content (AvgIpc) is 3.02. The second-order valence-electron chi connectivity index (χ2n) is 7.99. The third kappa shape index (κ3) is 5.22. The molecule has 1 saturated heterocycles. The largest absolute Gasteiger partial charge is 0.370 e. The summed E-state index contributed by atoms with van der Waals surface area (Å²) in [5, 5.41) is 12.3. The molecule has 2 aromatic carbocycles. The zero-order chi connectivity index (χ0) is 24.2. The number of benzene rings is 2. The Morgan fingerprint density at radius 1 is 1.09 bits per heavy atom. The van der Waals surface area contributed by atoms with E-state index in [1.807, 2.05) is 24.0 Å². The van der Waals surface area contributed by atoms with Crippen molar-refractivity contribution in [2.24, 2.45) is 0 Å². The predicted octanol–water partition coefficient (Wildman–Crippen LogP) is 5.33. The fourth-order valence-electron chi connectivity index (χ4n) is 3.88. The Bertz CT molecular complexity index is 1270. The molecule has 0 saturated carbocycles. The van der Waals surface area contributed by atoms with Gasteiger partial charge in [-0.05, 0) is 67.4 Å². The fourth-order valence-corrected chi connectivity index (χ4v) is 5.17. The molecule has 1 aromatic heterocycles. The highest BCUT2D eigenvalue weighted by atomic mass is 35.5. The van der Waals surface area contributed by atoms with Crippen LogP contribution >= 0.6 is 22.9 Å². The Hall–Kier alpha value is -3.41. The van der Waals surface area contributed by atoms with E-state index in [2.05, 4.69) is 16.3 Å². The number of carbonyl (C=O) groups is 2. The second kappa shape index (κ2) is 10.2. The molecule has 4 rings (SSSR count). The van der Waals surface area contributed by atoms with E-state index in [0.29, 0.717) is 35.1 Å². The quantitative estimate of drug-likeness (QED) is 0.530. The van der Waals surface area contributed by atoms with E-state index in [0.717, 1.165) is 30.3 Å². The normalized spacial score (nSPS) is 13.8. The molecule has 1 fully saturated rings. The summed E-state index contributed by atoms with van der Waals surface area (Å²) in [5.41, 5.74) is 2.60. The standard InChI is InChI=1S/C25H22ClFN4O2S/c1-16-13-22(29-24(32)20-8-5-18(27)14-21(20)26)34-23(16)25(33)31-10-2-9-30(11-12-31)19-6-3-17(15-28)4-7-19/h3-8,13-14H,2,9-12H2,1H3,(H,29,32). The summed E-state index contributed by atoms with van der Waals surface area (Å²) in [5.74, 6) is -1.04. The maximum atomic E-state index is 13.3. The zero-order valence-corrected chi connectivity index (χ0v) is 20.0. The number of halogens is 2. The molecule has 0 bridgehead atoms. The predicted molar refractivity (Wildman–Crippen MR) is 132 cm³/mol. The van der Waals surface area contributed by atoms with Crippen LogP contribution in [0.3, 0.4) is 0 Å². The first-order chi connectivity index (χ1) is 16.4. The molecule has 0 aliphatic carbocycles. The van der Waals surface area contributed by atoms with E-state index in [1.165, 1.54) is 23.5 Å². The summed E-state index contributed by atoms with van der Waals surface area (Å²) in [4.78, 5) is 30.5. The summed E-state index contributed by atoms with van der Waals surface area (Å²) in [6.07, 6.45) is 0.822. The number of hydrogen-bond acceptors (Lipinski definition) is 5. The molecule has 2 heterocycles. The molecule has 6 nitrogen and oxygen atoms in total. The van der Waals surface area contributed by atoms with Crippen LogP contribution < -0.4 is 10.2 Å². The third-order valence-corrected chi connectivity index (χ3v) is 7.12. The van der Waals surface area contributed by atoms with Gasteiger partial charge in [0.1, 0.15) is 5.82 Å². The molecular weight excluding hydrogens is 475 g/mol. The van der Waals surface area contributed by atoms with E-state index in [4.69, 9.17) is 16.9 Å². The molecule has 0 unspecified atom stereocenters. The molecule has 2 amide bonds. The molecule has 1 aliphatic rings. The van der Waals surface area contributed by atoms with E-state index in [1.54, 1.807) is 18.2 Å². The lowest BCUT2D eigenvalue weighted by molar-refractivity contribution is 0.0771. The highest BCUT2D eigenvalue weighted by Gasteiger charge is 2.24. The van der Waals surface area contributed by atoms with Gasteiger partial charge in [0.05, 0.1) is 32.1 Å². The SMILES string of the molecule is Cc1cc(NC(=O)c2ccc(F)cc2Cl)sc1C(=O)N1CCCN(c2ccc(C#N)cc2)CC1. The van der Waals surface area contributed by atoms with Gasteiger partial charge >= 0.3 is 0 Å². The highest BCUT2D eigenvalue weighted by molar-refractivity contribution is 7.18. The summed E-state index contributed by atoms with van der Waals surface area (Å²) in [7, 11) is 0. The van der Waals surface area contributed by atoms with Gasteiger partial charge in [0, 0.05) is 31.9 Å². The number of nitrogens with zero attached hydrogens (tertiary/aromatic N) is 3. The first kappa shape index (κ1) is 23.7. The van der Waals surface area contributed by atoms with E-state index in [9.17, 15) is 14.0 Å². The fraction of sp³-hybridized carbons (Fsp3) is 0.240. The molecule has 0 radical (unpaired) electrons. The number of aryl methyl sites for hydroxylation is 1. The van der Waals surface area contributed by atoms with Gasteiger partial charge in [0.25, 0.3) is 11.8 Å². The van der Waals surface area contributed by atoms with Crippen LogP contribution in [-0.4, -0.2) is 42.9 Å². The Morgan fingerprint density at radius 2 is 1.85 bits per heavy atom. The molecule has 3 aromatic rings. The number of carbonyl (C=O) groups excluding carboxylic acids is 2. The monoisotopic (exact) mass is 496 g/mol. The van der Waals surface area contributed by atoms with Crippen molar-refractivity contribution in [3.63, 3.8) is 0 Å². The van der Waals surface area contributed by atoms with Gasteiger partial charge in [0.2, 0.25) is 0 Å². The lowest BCUT2D eigenvalue weighted by atomic mass is 10.2. The van der Waals surface area contributed by atoms with Crippen LogP contribution in [-0.2, 0) is 0 Å². The topological polar surface area (TPSA) is 76.4 Å². The summed E-state index contributed by atoms with van der Waals surface area (Å²) >= 11 is 7.21. The number of nitriles is 1. The average molecular weight is 497 g/mol. The first-order valence-corrected chi connectivity index (χ1v) is 12.0. The maximum Gasteiger partial charge on any atom is 0.264 e. The van der Waals surface area contributed by atoms with Gasteiger partial charge in [-0.1, -0.05) is 11.6 Å². The number of hydrogen-bond donors (Lipinski definition) is 1. The highest BCUT2D eigenvalue weighted by Crippen LogP contribution is 2.30. The lowest BCUT2D eigenvalue weighted by Gasteiger charge is -2.23. The molecular formula is C25H22ClFN4O2S. The van der Waals surface area contributed by atoms with Crippen LogP contribution in [0.15, 0.2) is 48.5 Å². The van der Waals surface area contributed by atoms with Crippen molar-refractivity contribution in [2.75, 3.05) is 36.4 Å². The van der Waals surface area contributed by atoms with Crippen LogP contribution in [0, 0.1) is 24.1 Å². The second-order valence-corrected chi connectivity index (χ2v) is 9.45. The van der Waals surface area contributed by atoms with Gasteiger partial charge in [0.15, 0.2) is 0 Å². The first-order valence-electron chi connectivity index (χ1n) is 10.8. The van der Waals surface area contributed by atoms with Gasteiger partial charge in [-0.25, -0.2) is 4.39 Å². The smallest absolute Gasteiger partial charge is 0.264 e. The summed E-state index contributed by atoms with van der Waals surface area (Å²) in [6.45, 7) is 4.55. The van der Waals surface area contributed by atoms with Crippen LogP contribution in [0.4, 0.5) is 15.1 Å². The molecule has 174 valence electrons. The number of thiophene rings is 1. The van der Waals surface area contributed by atoms with Crippen molar-refractivity contribution < 1.29 is 14.0 Å². The summed E-state index contributed by atoms with van der Waals surface area (Å²) in [6, 6.07) is 14.9. The van der Waals surface area contributed by atoms with Crippen molar-refractivity contribution in [1.29, 1.82) is 5.26 Å². The maximum absolute atomic E-state index is 13.3. The summed E-state index contributed by atoms with van der Waals surface area (Å²) < 4.78 is 13.3.